The number of H-pyrrole nitrogens is 1. The number of nitrogen functional groups attached to an aromatic ring is 1. The first kappa shape index (κ1) is 28.0. The van der Waals surface area contributed by atoms with Gasteiger partial charge in [-0.3, -0.25) is 14.7 Å². The average Bonchev–Trinajstić information content (AvgIpc) is 2.89. The van der Waals surface area contributed by atoms with E-state index in [-0.39, 0.29) is 18.1 Å². The predicted molar refractivity (Wildman–Crippen MR) is 151 cm³/mol. The minimum Gasteiger partial charge on any atom is -0.394 e. The number of fused-ring (bicyclic) bond motifs is 1. The number of unbranched alkanes of at least 4 members (excludes halogenated alkanes) is 1. The normalized spacial score (nSPS) is 13.0. The molecule has 0 aliphatic rings. The summed E-state index contributed by atoms with van der Waals surface area (Å²) in [6.45, 7) is 14.0. The van der Waals surface area contributed by atoms with Crippen LogP contribution in [0.3, 0.4) is 0 Å². The fourth-order valence-corrected chi connectivity index (χ4v) is 4.26. The summed E-state index contributed by atoms with van der Waals surface area (Å²) in [5.41, 5.74) is 8.94. The second-order valence-electron chi connectivity index (χ2n) is 9.64. The average molecular weight is 506 g/mol. The molecule has 0 unspecified atom stereocenters. The first-order valence-electron chi connectivity index (χ1n) is 12.8. The van der Waals surface area contributed by atoms with Gasteiger partial charge in [-0.25, -0.2) is 4.98 Å². The van der Waals surface area contributed by atoms with Gasteiger partial charge in [0.25, 0.3) is 0 Å². The van der Waals surface area contributed by atoms with Crippen LogP contribution >= 0.6 is 0 Å². The third kappa shape index (κ3) is 7.47. The van der Waals surface area contributed by atoms with Crippen molar-refractivity contribution in [1.82, 2.24) is 24.8 Å². The number of pyridine rings is 2. The van der Waals surface area contributed by atoms with Crippen LogP contribution in [0.1, 0.15) is 51.5 Å². The van der Waals surface area contributed by atoms with Gasteiger partial charge in [0, 0.05) is 43.7 Å². The van der Waals surface area contributed by atoms with Crippen molar-refractivity contribution in [2.75, 3.05) is 30.7 Å². The highest BCUT2D eigenvalue weighted by atomic mass is 16.3. The zero-order chi connectivity index (χ0) is 26.8. The summed E-state index contributed by atoms with van der Waals surface area (Å²) in [4.78, 5) is 30.9. The van der Waals surface area contributed by atoms with Gasteiger partial charge in [-0.2, -0.15) is 4.98 Å². The Morgan fingerprint density at radius 3 is 2.59 bits per heavy atom. The summed E-state index contributed by atoms with van der Waals surface area (Å²) in [5.74, 6) is 0.587. The van der Waals surface area contributed by atoms with Gasteiger partial charge in [-0.15, -0.1) is 13.2 Å². The lowest BCUT2D eigenvalue weighted by molar-refractivity contribution is 0.212. The second kappa shape index (κ2) is 13.1. The number of aromatic amines is 1. The molecule has 0 saturated heterocycles. The minimum atomic E-state index is -0.565. The highest BCUT2D eigenvalue weighted by molar-refractivity contribution is 5.89. The van der Waals surface area contributed by atoms with Crippen molar-refractivity contribution in [3.63, 3.8) is 0 Å². The molecule has 0 aliphatic carbocycles. The highest BCUT2D eigenvalue weighted by Gasteiger charge is 2.25. The minimum absolute atomic E-state index is 0.0547. The van der Waals surface area contributed by atoms with E-state index >= 15 is 0 Å². The molecule has 0 spiro atoms. The first-order valence-corrected chi connectivity index (χ1v) is 12.8. The lowest BCUT2D eigenvalue weighted by atomic mass is 9.96. The van der Waals surface area contributed by atoms with Crippen LogP contribution in [0.4, 0.5) is 11.8 Å². The van der Waals surface area contributed by atoms with Crippen molar-refractivity contribution in [2.24, 2.45) is 0 Å². The zero-order valence-corrected chi connectivity index (χ0v) is 22.0. The summed E-state index contributed by atoms with van der Waals surface area (Å²) in [5, 5.41) is 13.4. The van der Waals surface area contributed by atoms with Gasteiger partial charge in [0.2, 0.25) is 11.5 Å². The van der Waals surface area contributed by atoms with Crippen molar-refractivity contribution >= 4 is 22.8 Å². The number of hydrogen-bond acceptors (Lipinski definition) is 8. The maximum Gasteiger partial charge on any atom is 0.248 e. The molecule has 0 aliphatic heterocycles. The maximum absolute atomic E-state index is 12.3. The molecule has 9 heteroatoms. The van der Waals surface area contributed by atoms with E-state index in [0.717, 1.165) is 61.9 Å². The van der Waals surface area contributed by atoms with E-state index in [1.165, 1.54) is 0 Å². The molecule has 3 aromatic rings. The number of aliphatic hydroxyl groups is 1. The molecule has 3 aromatic heterocycles. The van der Waals surface area contributed by atoms with Crippen LogP contribution in [0.15, 0.2) is 54.6 Å². The van der Waals surface area contributed by atoms with Gasteiger partial charge in [-0.1, -0.05) is 31.9 Å². The Labute approximate surface area is 218 Å². The lowest BCUT2D eigenvalue weighted by Crippen LogP contribution is -2.39. The summed E-state index contributed by atoms with van der Waals surface area (Å²) >= 11 is 0. The largest absolute Gasteiger partial charge is 0.394 e. The number of aliphatic hydroxyl groups excluding tert-OH is 1. The smallest absolute Gasteiger partial charge is 0.248 e. The van der Waals surface area contributed by atoms with Gasteiger partial charge in [-0.05, 0) is 43.4 Å². The summed E-state index contributed by atoms with van der Waals surface area (Å²) in [6.07, 6.45) is 11.8. The van der Waals surface area contributed by atoms with Gasteiger partial charge in [0.15, 0.2) is 5.82 Å². The Morgan fingerprint density at radius 1 is 1.22 bits per heavy atom. The molecule has 3 heterocycles. The quantitative estimate of drug-likeness (QED) is 0.225. The summed E-state index contributed by atoms with van der Waals surface area (Å²) in [7, 11) is 0. The van der Waals surface area contributed by atoms with E-state index in [4.69, 9.17) is 5.73 Å². The Balaban J connectivity index is 2.01. The van der Waals surface area contributed by atoms with Crippen LogP contribution in [0.25, 0.3) is 22.2 Å². The van der Waals surface area contributed by atoms with Crippen LogP contribution in [0.2, 0.25) is 0 Å². The Hall–Kier alpha value is -3.56. The van der Waals surface area contributed by atoms with E-state index in [1.807, 2.05) is 25.1 Å². The number of aromatic nitrogens is 4. The maximum atomic E-state index is 12.3. The van der Waals surface area contributed by atoms with Crippen molar-refractivity contribution < 1.29 is 5.11 Å². The number of rotatable bonds is 15. The molecule has 37 heavy (non-hydrogen) atoms. The standard InChI is InChI=1S/C28H39N7O2/c1-5-8-11-28(4,19-36)34-26-25-23(32-27(29)33-26)14-20(16-31-25)22-15-24(37)30-17-21(22)18-35(12-9-6-2)13-10-7-3/h6-7,14-17,36H,2-3,5,8-13,18-19H2,1,4H3,(H,30,37)(H3,29,32,33,34)/t28-/m1/s1. The Kier molecular flexibility index (Phi) is 9.93. The number of nitrogens with zero attached hydrogens (tertiary/aromatic N) is 4. The van der Waals surface area contributed by atoms with Gasteiger partial charge in [0.05, 0.1) is 17.7 Å². The van der Waals surface area contributed by atoms with E-state index in [2.05, 4.69) is 50.2 Å². The number of anilines is 2. The van der Waals surface area contributed by atoms with E-state index < -0.39 is 5.54 Å². The van der Waals surface area contributed by atoms with Crippen molar-refractivity contribution in [3.05, 3.63) is 65.8 Å². The molecule has 0 fully saturated rings. The molecule has 198 valence electrons. The van der Waals surface area contributed by atoms with Crippen LogP contribution in [0, 0.1) is 0 Å². The molecule has 3 rings (SSSR count). The lowest BCUT2D eigenvalue weighted by Gasteiger charge is -2.29. The number of nitrogens with one attached hydrogen (secondary N) is 2. The first-order chi connectivity index (χ1) is 17.8. The van der Waals surface area contributed by atoms with Crippen LogP contribution in [-0.4, -0.2) is 55.2 Å². The Bertz CT molecular complexity index is 1260. The molecule has 0 radical (unpaired) electrons. The van der Waals surface area contributed by atoms with Crippen LogP contribution in [0.5, 0.6) is 0 Å². The molecule has 0 amide bonds. The molecular formula is C28H39N7O2. The monoisotopic (exact) mass is 505 g/mol. The summed E-state index contributed by atoms with van der Waals surface area (Å²) in [6, 6.07) is 3.47. The fourth-order valence-electron chi connectivity index (χ4n) is 4.26. The number of hydrogen-bond donors (Lipinski definition) is 4. The van der Waals surface area contributed by atoms with Crippen molar-refractivity contribution in [3.8, 4) is 11.1 Å². The predicted octanol–water partition coefficient (Wildman–Crippen LogP) is 4.27. The van der Waals surface area contributed by atoms with Gasteiger partial charge < -0.3 is 21.1 Å². The molecule has 0 aromatic carbocycles. The Morgan fingerprint density at radius 2 is 1.95 bits per heavy atom. The molecule has 1 atom stereocenters. The van der Waals surface area contributed by atoms with Crippen molar-refractivity contribution in [1.29, 1.82) is 0 Å². The third-order valence-electron chi connectivity index (χ3n) is 6.42. The van der Waals surface area contributed by atoms with Crippen molar-refractivity contribution in [2.45, 2.75) is 58.0 Å². The van der Waals surface area contributed by atoms with Gasteiger partial charge in [0.1, 0.15) is 5.52 Å². The second-order valence-corrected chi connectivity index (χ2v) is 9.64. The molecule has 0 saturated carbocycles. The van der Waals surface area contributed by atoms with E-state index in [1.54, 1.807) is 18.5 Å². The summed E-state index contributed by atoms with van der Waals surface area (Å²) < 4.78 is 0. The SMILES string of the molecule is C=CCCN(CCC=C)Cc1c[nH]c(=O)cc1-c1cnc2c(N[C@@](C)(CO)CCCC)nc(N)nc2c1. The molecule has 0 bridgehead atoms. The fraction of sp³-hybridized carbons (Fsp3) is 0.429. The molecule has 5 N–H and O–H groups in total. The van der Waals surface area contributed by atoms with Crippen LogP contribution in [-0.2, 0) is 6.54 Å². The number of nitrogens with two attached hydrogens (primary N) is 1. The third-order valence-corrected chi connectivity index (χ3v) is 6.42. The topological polar surface area (TPSA) is 133 Å². The van der Waals surface area contributed by atoms with E-state index in [9.17, 15) is 9.90 Å². The van der Waals surface area contributed by atoms with Gasteiger partial charge >= 0.3 is 0 Å². The zero-order valence-electron chi connectivity index (χ0n) is 22.0. The molecular weight excluding hydrogens is 466 g/mol. The highest BCUT2D eigenvalue weighted by Crippen LogP contribution is 2.29. The van der Waals surface area contributed by atoms with E-state index in [0.29, 0.717) is 23.4 Å². The molecule has 9 nitrogen and oxygen atoms in total. The van der Waals surface area contributed by atoms with Crippen LogP contribution < -0.4 is 16.6 Å².